The molecule has 20 heavy (non-hydrogen) atoms. The molecule has 1 unspecified atom stereocenters. The Kier molecular flexibility index (Phi) is 4.03. The van der Waals surface area contributed by atoms with Gasteiger partial charge in [-0.05, 0) is 49.5 Å². The minimum absolute atomic E-state index is 0.0464. The number of hydrogen-bond donors (Lipinski definition) is 3. The van der Waals surface area contributed by atoms with Crippen molar-refractivity contribution in [3.8, 4) is 0 Å². The van der Waals surface area contributed by atoms with E-state index in [-0.39, 0.29) is 11.8 Å². The molecule has 3 rings (SSSR count). The molecule has 1 aromatic rings. The number of aryl methyl sites for hydroxylation is 1. The van der Waals surface area contributed by atoms with Gasteiger partial charge < -0.3 is 16.0 Å². The van der Waals surface area contributed by atoms with E-state index in [1.165, 1.54) is 16.7 Å². The maximum atomic E-state index is 12.6. The number of rotatable bonds is 2. The molecular weight excluding hydrogens is 250 g/mol. The third-order valence-corrected chi connectivity index (χ3v) is 4.43. The van der Waals surface area contributed by atoms with Gasteiger partial charge in [-0.1, -0.05) is 18.2 Å². The van der Waals surface area contributed by atoms with Crippen molar-refractivity contribution >= 4 is 5.91 Å². The van der Waals surface area contributed by atoms with Gasteiger partial charge in [0, 0.05) is 19.1 Å². The first-order valence-corrected chi connectivity index (χ1v) is 7.56. The largest absolute Gasteiger partial charge is 0.353 e. The molecular formula is C16H23N3O. The second-order valence-electron chi connectivity index (χ2n) is 5.86. The Labute approximate surface area is 120 Å². The van der Waals surface area contributed by atoms with Crippen LogP contribution >= 0.6 is 0 Å². The maximum Gasteiger partial charge on any atom is 0.229 e. The van der Waals surface area contributed by atoms with Crippen molar-refractivity contribution in [1.82, 2.24) is 16.0 Å². The lowest BCUT2D eigenvalue weighted by molar-refractivity contribution is -0.123. The van der Waals surface area contributed by atoms with E-state index in [4.69, 9.17) is 0 Å². The maximum absolute atomic E-state index is 12.6. The molecule has 1 aromatic carbocycles. The summed E-state index contributed by atoms with van der Waals surface area (Å²) in [5.74, 6) is 0.134. The number of carbonyl (C=O) groups excluding carboxylic acids is 1. The Bertz CT molecular complexity index is 494. The highest BCUT2D eigenvalue weighted by Gasteiger charge is 2.29. The zero-order valence-corrected chi connectivity index (χ0v) is 12.0. The summed E-state index contributed by atoms with van der Waals surface area (Å²) in [4.78, 5) is 12.6. The van der Waals surface area contributed by atoms with E-state index in [2.05, 4.69) is 41.1 Å². The van der Waals surface area contributed by atoms with Crippen molar-refractivity contribution < 1.29 is 4.79 Å². The van der Waals surface area contributed by atoms with Crippen LogP contribution in [0.4, 0.5) is 0 Å². The Morgan fingerprint density at radius 3 is 2.85 bits per heavy atom. The standard InChI is InChI=1S/C16H23N3O/c1-11-3-2-4-12-9-18-10-14(15(11)12)16(20)19-13-5-7-17-8-6-13/h2-4,13-14,17-18H,5-10H2,1H3,(H,19,20). The molecule has 4 heteroatoms. The Morgan fingerprint density at radius 2 is 2.05 bits per heavy atom. The van der Waals surface area contributed by atoms with Gasteiger partial charge in [0.2, 0.25) is 5.91 Å². The van der Waals surface area contributed by atoms with E-state index in [1.54, 1.807) is 0 Å². The summed E-state index contributed by atoms with van der Waals surface area (Å²) in [5.41, 5.74) is 3.73. The van der Waals surface area contributed by atoms with Gasteiger partial charge in [0.1, 0.15) is 0 Å². The van der Waals surface area contributed by atoms with E-state index in [0.29, 0.717) is 6.04 Å². The number of nitrogens with one attached hydrogen (secondary N) is 3. The van der Waals surface area contributed by atoms with Gasteiger partial charge in [0.05, 0.1) is 5.92 Å². The van der Waals surface area contributed by atoms with Crippen LogP contribution in [0.15, 0.2) is 18.2 Å². The predicted octanol–water partition coefficient (Wildman–Crippen LogP) is 1.05. The number of piperidine rings is 1. The van der Waals surface area contributed by atoms with Gasteiger partial charge >= 0.3 is 0 Å². The van der Waals surface area contributed by atoms with Crippen molar-refractivity contribution in [2.24, 2.45) is 0 Å². The molecule has 0 aromatic heterocycles. The Hall–Kier alpha value is -1.39. The smallest absolute Gasteiger partial charge is 0.229 e. The normalized spacial score (nSPS) is 23.1. The molecule has 1 saturated heterocycles. The zero-order chi connectivity index (χ0) is 13.9. The van der Waals surface area contributed by atoms with Crippen LogP contribution in [0.2, 0.25) is 0 Å². The number of carbonyl (C=O) groups is 1. The summed E-state index contributed by atoms with van der Waals surface area (Å²) < 4.78 is 0. The first-order chi connectivity index (χ1) is 9.75. The highest BCUT2D eigenvalue weighted by atomic mass is 16.2. The Morgan fingerprint density at radius 1 is 1.25 bits per heavy atom. The van der Waals surface area contributed by atoms with E-state index in [1.807, 2.05) is 0 Å². The fourth-order valence-corrected chi connectivity index (χ4v) is 3.34. The van der Waals surface area contributed by atoms with Gasteiger partial charge in [-0.2, -0.15) is 0 Å². The van der Waals surface area contributed by atoms with Crippen molar-refractivity contribution in [3.63, 3.8) is 0 Å². The second-order valence-corrected chi connectivity index (χ2v) is 5.86. The molecule has 2 aliphatic heterocycles. The fraction of sp³-hybridized carbons (Fsp3) is 0.562. The highest BCUT2D eigenvalue weighted by molar-refractivity contribution is 5.85. The average molecular weight is 273 g/mol. The lowest BCUT2D eigenvalue weighted by Gasteiger charge is -2.30. The molecule has 0 aliphatic carbocycles. The van der Waals surface area contributed by atoms with Gasteiger partial charge in [-0.15, -0.1) is 0 Å². The van der Waals surface area contributed by atoms with Crippen molar-refractivity contribution in [1.29, 1.82) is 0 Å². The lowest BCUT2D eigenvalue weighted by Crippen LogP contribution is -2.47. The minimum Gasteiger partial charge on any atom is -0.353 e. The topological polar surface area (TPSA) is 53.2 Å². The van der Waals surface area contributed by atoms with Gasteiger partial charge in [0.15, 0.2) is 0 Å². The number of fused-ring (bicyclic) bond motifs is 1. The molecule has 3 N–H and O–H groups in total. The quantitative estimate of drug-likeness (QED) is 0.755. The average Bonchev–Trinajstić information content (AvgIpc) is 2.48. The number of benzene rings is 1. The van der Waals surface area contributed by atoms with Crippen LogP contribution in [-0.2, 0) is 11.3 Å². The van der Waals surface area contributed by atoms with Crippen LogP contribution in [0.1, 0.15) is 35.4 Å². The van der Waals surface area contributed by atoms with Crippen LogP contribution in [-0.4, -0.2) is 31.6 Å². The molecule has 0 spiro atoms. The minimum atomic E-state index is -0.0464. The summed E-state index contributed by atoms with van der Waals surface area (Å²) in [7, 11) is 0. The molecule has 0 radical (unpaired) electrons. The van der Waals surface area contributed by atoms with E-state index in [0.717, 1.165) is 39.0 Å². The molecule has 1 fully saturated rings. The van der Waals surface area contributed by atoms with Crippen LogP contribution in [0.25, 0.3) is 0 Å². The van der Waals surface area contributed by atoms with Crippen LogP contribution in [0.3, 0.4) is 0 Å². The van der Waals surface area contributed by atoms with Crippen molar-refractivity contribution in [2.45, 2.75) is 38.3 Å². The molecule has 1 amide bonds. The van der Waals surface area contributed by atoms with Crippen LogP contribution in [0, 0.1) is 6.92 Å². The Balaban J connectivity index is 1.76. The highest BCUT2D eigenvalue weighted by Crippen LogP contribution is 2.27. The molecule has 2 heterocycles. The van der Waals surface area contributed by atoms with Crippen LogP contribution in [0.5, 0.6) is 0 Å². The summed E-state index contributed by atoms with van der Waals surface area (Å²) in [6, 6.07) is 6.63. The molecule has 1 atom stereocenters. The van der Waals surface area contributed by atoms with Gasteiger partial charge in [-0.3, -0.25) is 4.79 Å². The number of amides is 1. The molecule has 0 saturated carbocycles. The first-order valence-electron chi connectivity index (χ1n) is 7.56. The van der Waals surface area contributed by atoms with E-state index >= 15 is 0 Å². The summed E-state index contributed by atoms with van der Waals surface area (Å²) in [6.45, 7) is 5.73. The summed E-state index contributed by atoms with van der Waals surface area (Å²) >= 11 is 0. The molecule has 4 nitrogen and oxygen atoms in total. The lowest BCUT2D eigenvalue weighted by atomic mass is 9.86. The number of hydrogen-bond acceptors (Lipinski definition) is 3. The third-order valence-electron chi connectivity index (χ3n) is 4.43. The van der Waals surface area contributed by atoms with Crippen LogP contribution < -0.4 is 16.0 Å². The van der Waals surface area contributed by atoms with Crippen molar-refractivity contribution in [2.75, 3.05) is 19.6 Å². The monoisotopic (exact) mass is 273 g/mol. The fourth-order valence-electron chi connectivity index (χ4n) is 3.34. The van der Waals surface area contributed by atoms with Gasteiger partial charge in [0.25, 0.3) is 0 Å². The predicted molar refractivity (Wildman–Crippen MR) is 79.7 cm³/mol. The SMILES string of the molecule is Cc1cccc2c1C(C(=O)NC1CCNCC1)CNC2. The van der Waals surface area contributed by atoms with E-state index < -0.39 is 0 Å². The van der Waals surface area contributed by atoms with Gasteiger partial charge in [-0.25, -0.2) is 0 Å². The molecule has 108 valence electrons. The van der Waals surface area contributed by atoms with E-state index in [9.17, 15) is 4.79 Å². The summed E-state index contributed by atoms with van der Waals surface area (Å²) in [5, 5.41) is 9.93. The zero-order valence-electron chi connectivity index (χ0n) is 12.0. The second kappa shape index (κ2) is 5.94. The summed E-state index contributed by atoms with van der Waals surface area (Å²) in [6.07, 6.45) is 2.07. The van der Waals surface area contributed by atoms with Crippen molar-refractivity contribution in [3.05, 3.63) is 34.9 Å². The molecule has 0 bridgehead atoms. The first kappa shape index (κ1) is 13.6. The third kappa shape index (κ3) is 2.72. The molecule has 2 aliphatic rings.